The molecule has 0 spiro atoms. The summed E-state index contributed by atoms with van der Waals surface area (Å²) in [6, 6.07) is 0. The minimum Gasteiger partial charge on any atom is -0.447 e. The van der Waals surface area contributed by atoms with Crippen LogP contribution in [-0.4, -0.2) is 30.3 Å². The van der Waals surface area contributed by atoms with Crippen LogP contribution in [0.15, 0.2) is 0 Å². The number of nitrogens with zero attached hydrogens (tertiary/aromatic N) is 1. The van der Waals surface area contributed by atoms with Crippen LogP contribution in [0.3, 0.4) is 0 Å². The second-order valence-corrected chi connectivity index (χ2v) is 2.05. The number of amides is 1. The molecule has 1 atom stereocenters. The molecule has 1 aliphatic heterocycles. The van der Waals surface area contributed by atoms with Crippen molar-refractivity contribution in [3.05, 3.63) is 0 Å². The molecule has 1 aliphatic rings. The van der Waals surface area contributed by atoms with Gasteiger partial charge in [0.05, 0.1) is 12.7 Å². The molecule has 4 nitrogen and oxygen atoms in total. The van der Waals surface area contributed by atoms with E-state index in [-0.39, 0.29) is 12.3 Å². The molecule has 0 radical (unpaired) electrons. The van der Waals surface area contributed by atoms with Crippen molar-refractivity contribution in [3.8, 4) is 0 Å². The van der Waals surface area contributed by atoms with E-state index < -0.39 is 0 Å². The van der Waals surface area contributed by atoms with Crippen LogP contribution in [0.5, 0.6) is 0 Å². The van der Waals surface area contributed by atoms with Crippen molar-refractivity contribution in [3.63, 3.8) is 0 Å². The van der Waals surface area contributed by atoms with Gasteiger partial charge in [-0.1, -0.05) is 0 Å². The van der Waals surface area contributed by atoms with Gasteiger partial charge < -0.3 is 10.5 Å². The highest BCUT2D eigenvalue weighted by Gasteiger charge is 2.23. The normalized spacial score (nSPS) is 22.0. The molecule has 0 aromatic heterocycles. The lowest BCUT2D eigenvalue weighted by Gasteiger charge is -2.15. The number of nitrogens with two attached hydrogens (primary N) is 1. The van der Waals surface area contributed by atoms with Crippen LogP contribution in [0.1, 0.15) is 6.92 Å². The lowest BCUT2D eigenvalue weighted by atomic mass is 10.5. The largest absolute Gasteiger partial charge is 0.447 e. The Labute approximate surface area is 53.6 Å². The summed E-state index contributed by atoms with van der Waals surface area (Å²) in [5.41, 5.74) is 5.41. The van der Waals surface area contributed by atoms with Crippen molar-refractivity contribution < 1.29 is 9.53 Å². The first-order valence-corrected chi connectivity index (χ1v) is 2.91. The van der Waals surface area contributed by atoms with Crippen molar-refractivity contribution in [1.29, 1.82) is 0 Å². The van der Waals surface area contributed by atoms with E-state index >= 15 is 0 Å². The standard InChI is InChI=1S/C5H10N2O2/c1-4(6)7-2-3-9-5(7)8/h4H,2-3,6H2,1H3. The van der Waals surface area contributed by atoms with Crippen LogP contribution in [0.25, 0.3) is 0 Å². The van der Waals surface area contributed by atoms with Crippen LogP contribution < -0.4 is 5.73 Å². The van der Waals surface area contributed by atoms with E-state index in [4.69, 9.17) is 5.73 Å². The Kier molecular flexibility index (Phi) is 1.57. The Hall–Kier alpha value is -0.770. The fourth-order valence-electron chi connectivity index (χ4n) is 0.775. The number of ether oxygens (including phenoxy) is 1. The first-order valence-electron chi connectivity index (χ1n) is 2.91. The summed E-state index contributed by atoms with van der Waals surface area (Å²) in [5.74, 6) is 0. The maximum Gasteiger partial charge on any atom is 0.411 e. The van der Waals surface area contributed by atoms with Crippen molar-refractivity contribution in [2.45, 2.75) is 13.1 Å². The number of cyclic esters (lactones) is 1. The number of rotatable bonds is 1. The van der Waals surface area contributed by atoms with E-state index in [0.717, 1.165) is 0 Å². The van der Waals surface area contributed by atoms with Crippen LogP contribution in [0.2, 0.25) is 0 Å². The lowest BCUT2D eigenvalue weighted by molar-refractivity contribution is 0.150. The molecule has 0 bridgehead atoms. The van der Waals surface area contributed by atoms with Crippen molar-refractivity contribution in [1.82, 2.24) is 4.90 Å². The van der Waals surface area contributed by atoms with Gasteiger partial charge >= 0.3 is 6.09 Å². The molecule has 0 aliphatic carbocycles. The fraction of sp³-hybridized carbons (Fsp3) is 0.800. The zero-order valence-electron chi connectivity index (χ0n) is 5.33. The third kappa shape index (κ3) is 1.13. The third-order valence-corrected chi connectivity index (χ3v) is 1.28. The molecule has 1 unspecified atom stereocenters. The van der Waals surface area contributed by atoms with Gasteiger partial charge in [-0.15, -0.1) is 0 Å². The van der Waals surface area contributed by atoms with Crippen molar-refractivity contribution >= 4 is 6.09 Å². The van der Waals surface area contributed by atoms with E-state index in [2.05, 4.69) is 4.74 Å². The smallest absolute Gasteiger partial charge is 0.411 e. The summed E-state index contributed by atoms with van der Waals surface area (Å²) in [7, 11) is 0. The Morgan fingerprint density at radius 2 is 2.56 bits per heavy atom. The van der Waals surface area contributed by atoms with Gasteiger partial charge in [0.2, 0.25) is 0 Å². The predicted molar refractivity (Wildman–Crippen MR) is 31.7 cm³/mol. The maximum atomic E-state index is 10.6. The average molecular weight is 130 g/mol. The first kappa shape index (κ1) is 6.35. The van der Waals surface area contributed by atoms with Crippen LogP contribution in [0.4, 0.5) is 4.79 Å². The Morgan fingerprint density at radius 1 is 1.89 bits per heavy atom. The molecule has 2 N–H and O–H groups in total. The summed E-state index contributed by atoms with van der Waals surface area (Å²) in [5, 5.41) is 0. The summed E-state index contributed by atoms with van der Waals surface area (Å²) >= 11 is 0. The molecule has 1 rings (SSSR count). The second-order valence-electron chi connectivity index (χ2n) is 2.05. The van der Waals surface area contributed by atoms with E-state index in [1.807, 2.05) is 0 Å². The highest BCUT2D eigenvalue weighted by atomic mass is 16.6. The zero-order valence-corrected chi connectivity index (χ0v) is 5.33. The Balaban J connectivity index is 2.49. The van der Waals surface area contributed by atoms with Gasteiger partial charge in [0.25, 0.3) is 0 Å². The predicted octanol–water partition coefficient (Wildman–Crippen LogP) is -0.257. The van der Waals surface area contributed by atoms with E-state index in [0.29, 0.717) is 13.2 Å². The minimum absolute atomic E-state index is 0.222. The third-order valence-electron chi connectivity index (χ3n) is 1.28. The van der Waals surface area contributed by atoms with Crippen molar-refractivity contribution in [2.24, 2.45) is 5.73 Å². The summed E-state index contributed by atoms with van der Waals surface area (Å²) in [6.45, 7) is 2.85. The number of carbonyl (C=O) groups is 1. The van der Waals surface area contributed by atoms with Gasteiger partial charge in [0.15, 0.2) is 0 Å². The van der Waals surface area contributed by atoms with Gasteiger partial charge in [0.1, 0.15) is 6.61 Å². The maximum absolute atomic E-state index is 10.6. The van der Waals surface area contributed by atoms with Gasteiger partial charge in [-0.05, 0) is 6.92 Å². The SMILES string of the molecule is CC(N)N1CCOC1=O. The molecule has 9 heavy (non-hydrogen) atoms. The summed E-state index contributed by atoms with van der Waals surface area (Å²) in [4.78, 5) is 12.1. The average Bonchev–Trinajstić information content (AvgIpc) is 2.13. The Bertz CT molecular complexity index is 124. The van der Waals surface area contributed by atoms with E-state index in [1.54, 1.807) is 6.92 Å². The summed E-state index contributed by atoms with van der Waals surface area (Å²) < 4.78 is 4.63. The van der Waals surface area contributed by atoms with Crippen LogP contribution >= 0.6 is 0 Å². The molecule has 0 saturated carbocycles. The zero-order chi connectivity index (χ0) is 6.85. The number of carbonyl (C=O) groups excluding carboxylic acids is 1. The highest BCUT2D eigenvalue weighted by Crippen LogP contribution is 2.03. The highest BCUT2D eigenvalue weighted by molar-refractivity contribution is 5.69. The monoisotopic (exact) mass is 130 g/mol. The second kappa shape index (κ2) is 2.23. The minimum atomic E-state index is -0.301. The Morgan fingerprint density at radius 3 is 2.78 bits per heavy atom. The summed E-state index contributed by atoms with van der Waals surface area (Å²) in [6.07, 6.45) is -0.523. The molecule has 4 heteroatoms. The van der Waals surface area contributed by atoms with E-state index in [1.165, 1.54) is 4.90 Å². The topological polar surface area (TPSA) is 55.6 Å². The fourth-order valence-corrected chi connectivity index (χ4v) is 0.775. The molecule has 1 amide bonds. The first-order chi connectivity index (χ1) is 4.22. The number of hydrogen-bond donors (Lipinski definition) is 1. The molecule has 1 heterocycles. The molecule has 52 valence electrons. The molecule has 1 fully saturated rings. The quantitative estimate of drug-likeness (QED) is 0.532. The van der Waals surface area contributed by atoms with Crippen LogP contribution in [0, 0.1) is 0 Å². The molecule has 0 aromatic rings. The van der Waals surface area contributed by atoms with E-state index in [9.17, 15) is 4.79 Å². The molecular formula is C5H10N2O2. The van der Waals surface area contributed by atoms with Crippen molar-refractivity contribution in [2.75, 3.05) is 13.2 Å². The number of hydrogen-bond acceptors (Lipinski definition) is 3. The molecular weight excluding hydrogens is 120 g/mol. The van der Waals surface area contributed by atoms with Gasteiger partial charge in [-0.25, -0.2) is 4.79 Å². The lowest BCUT2D eigenvalue weighted by Crippen LogP contribution is -2.39. The van der Waals surface area contributed by atoms with Crippen LogP contribution in [-0.2, 0) is 4.74 Å². The van der Waals surface area contributed by atoms with Gasteiger partial charge in [-0.2, -0.15) is 0 Å². The van der Waals surface area contributed by atoms with Gasteiger partial charge in [-0.3, -0.25) is 4.90 Å². The molecule has 1 saturated heterocycles. The molecule has 0 aromatic carbocycles. The van der Waals surface area contributed by atoms with Gasteiger partial charge in [0, 0.05) is 0 Å².